The third kappa shape index (κ3) is 2.27. The van der Waals surface area contributed by atoms with Crippen molar-refractivity contribution in [1.82, 2.24) is 9.97 Å². The number of nitrogens with zero attached hydrogens (tertiary/aromatic N) is 6. The van der Waals surface area contributed by atoms with Crippen LogP contribution in [0.2, 0.25) is 0 Å². The number of hydrogen-bond acceptors (Lipinski definition) is 8. The molecule has 2 aromatic carbocycles. The number of thiazole rings is 2. The fraction of sp³-hybridized carbons (Fsp3) is 0. The monoisotopic (exact) mass is 368 g/mol. The molecule has 0 saturated heterocycles. The zero-order valence-corrected chi connectivity index (χ0v) is 14.4. The van der Waals surface area contributed by atoms with Gasteiger partial charge in [-0.1, -0.05) is 6.07 Å². The van der Waals surface area contributed by atoms with E-state index in [-0.39, 0.29) is 11.1 Å². The van der Waals surface area contributed by atoms with Crippen LogP contribution in [0.15, 0.2) is 24.3 Å². The highest BCUT2D eigenvalue weighted by atomic mass is 32.1. The van der Waals surface area contributed by atoms with Crippen molar-refractivity contribution < 1.29 is 0 Å². The van der Waals surface area contributed by atoms with Gasteiger partial charge >= 0.3 is 0 Å². The second-order valence-electron chi connectivity index (χ2n) is 5.19. The van der Waals surface area contributed by atoms with Gasteiger partial charge in [0.2, 0.25) is 0 Å². The van der Waals surface area contributed by atoms with Crippen LogP contribution < -0.4 is 9.33 Å². The molecule has 4 aromatic rings. The lowest BCUT2D eigenvalue weighted by Crippen LogP contribution is -2.00. The number of benzene rings is 2. The van der Waals surface area contributed by atoms with Crippen molar-refractivity contribution in [2.24, 2.45) is 0 Å². The normalized spacial score (nSPS) is 10.2. The standard InChI is InChI=1S/C18H4N6S2/c19-5-10(6-20)17-24-14-3-9-1-2-13-16(12(9)4-15(14)25-17)26-18(23-13)11(7-21)8-22/h1-4H. The van der Waals surface area contributed by atoms with Crippen molar-refractivity contribution in [3.05, 3.63) is 33.6 Å². The number of fused-ring (bicyclic) bond motifs is 4. The van der Waals surface area contributed by atoms with Gasteiger partial charge in [0.25, 0.3) is 0 Å². The van der Waals surface area contributed by atoms with Gasteiger partial charge in [0.05, 0.1) is 20.4 Å². The summed E-state index contributed by atoms with van der Waals surface area (Å²) in [5.41, 5.74) is 1.40. The van der Waals surface area contributed by atoms with E-state index in [9.17, 15) is 0 Å². The summed E-state index contributed by atoms with van der Waals surface area (Å²) in [5.74, 6) is 0. The Kier molecular flexibility index (Phi) is 3.57. The van der Waals surface area contributed by atoms with E-state index in [1.165, 1.54) is 22.7 Å². The molecule has 4 rings (SSSR count). The van der Waals surface area contributed by atoms with E-state index in [0.29, 0.717) is 20.4 Å². The second-order valence-corrected chi connectivity index (χ2v) is 7.22. The van der Waals surface area contributed by atoms with Crippen molar-refractivity contribution in [1.29, 1.82) is 21.0 Å². The van der Waals surface area contributed by atoms with Gasteiger partial charge in [0.1, 0.15) is 33.6 Å². The summed E-state index contributed by atoms with van der Waals surface area (Å²) in [6.07, 6.45) is 0. The van der Waals surface area contributed by atoms with Crippen LogP contribution >= 0.6 is 22.7 Å². The molecule has 0 aliphatic rings. The summed E-state index contributed by atoms with van der Waals surface area (Å²) in [4.78, 5) is 8.76. The van der Waals surface area contributed by atoms with E-state index in [4.69, 9.17) is 21.0 Å². The third-order valence-corrected chi connectivity index (χ3v) is 5.91. The zero-order chi connectivity index (χ0) is 18.3. The van der Waals surface area contributed by atoms with Crippen molar-refractivity contribution in [2.45, 2.75) is 0 Å². The summed E-state index contributed by atoms with van der Waals surface area (Å²) in [6, 6.07) is 15.0. The molecule has 0 radical (unpaired) electrons. The first kappa shape index (κ1) is 15.7. The average Bonchev–Trinajstić information content (AvgIpc) is 3.25. The van der Waals surface area contributed by atoms with Gasteiger partial charge in [0.15, 0.2) is 11.1 Å². The first-order valence-corrected chi connectivity index (χ1v) is 8.80. The lowest BCUT2D eigenvalue weighted by Gasteiger charge is -1.98. The first-order valence-electron chi connectivity index (χ1n) is 7.17. The Labute approximate surface area is 154 Å². The maximum atomic E-state index is 9.06. The Bertz CT molecular complexity index is 1490. The fourth-order valence-electron chi connectivity index (χ4n) is 2.59. The van der Waals surface area contributed by atoms with E-state index in [1.807, 2.05) is 48.5 Å². The van der Waals surface area contributed by atoms with Gasteiger partial charge in [-0.3, -0.25) is 0 Å². The molecule has 2 heterocycles. The molecule has 0 aliphatic carbocycles. The van der Waals surface area contributed by atoms with E-state index in [2.05, 4.69) is 9.97 Å². The predicted octanol–water partition coefficient (Wildman–Crippen LogP) is 2.45. The Hall–Kier alpha value is -3.82. The van der Waals surface area contributed by atoms with E-state index in [1.54, 1.807) is 0 Å². The van der Waals surface area contributed by atoms with Gasteiger partial charge in [-0.05, 0) is 23.6 Å². The van der Waals surface area contributed by atoms with Gasteiger partial charge < -0.3 is 0 Å². The number of rotatable bonds is 0. The SMILES string of the molecule is N#CC(C#N)=c1nc2cc3ccc4nc(=C(C#N)C#N)sc4c3cc2s1. The first-order chi connectivity index (χ1) is 12.7. The highest BCUT2D eigenvalue weighted by Gasteiger charge is 2.10. The highest BCUT2D eigenvalue weighted by Crippen LogP contribution is 2.30. The Balaban J connectivity index is 2.14. The molecule has 0 unspecified atom stereocenters. The molecule has 0 N–H and O–H groups in total. The Morgan fingerprint density at radius 2 is 1.38 bits per heavy atom. The summed E-state index contributed by atoms with van der Waals surface area (Å²) in [5, 5.41) is 38.0. The number of aromatic nitrogens is 2. The molecular weight excluding hydrogens is 364 g/mol. The largest absolute Gasteiger partial charge is 0.234 e. The Morgan fingerprint density at radius 3 is 2.04 bits per heavy atom. The maximum Gasteiger partial charge on any atom is 0.165 e. The second kappa shape index (κ2) is 5.92. The van der Waals surface area contributed by atoms with Crippen molar-refractivity contribution in [3.63, 3.8) is 0 Å². The van der Waals surface area contributed by atoms with E-state index < -0.39 is 0 Å². The molecule has 0 saturated carbocycles. The minimum Gasteiger partial charge on any atom is -0.234 e. The molecule has 118 valence electrons. The number of nitriles is 4. The van der Waals surface area contributed by atoms with E-state index in [0.717, 1.165) is 20.2 Å². The molecule has 26 heavy (non-hydrogen) atoms. The molecule has 0 bridgehead atoms. The maximum absolute atomic E-state index is 9.06. The summed E-state index contributed by atoms with van der Waals surface area (Å²) < 4.78 is 2.52. The van der Waals surface area contributed by atoms with E-state index >= 15 is 0 Å². The van der Waals surface area contributed by atoms with Crippen LogP contribution in [0.4, 0.5) is 0 Å². The highest BCUT2D eigenvalue weighted by molar-refractivity contribution is 7.18. The third-order valence-electron chi connectivity index (χ3n) is 3.75. The lowest BCUT2D eigenvalue weighted by atomic mass is 10.1. The summed E-state index contributed by atoms with van der Waals surface area (Å²) in [6.45, 7) is 0. The molecule has 8 heteroatoms. The van der Waals surface area contributed by atoms with Crippen LogP contribution in [-0.4, -0.2) is 9.97 Å². The molecule has 0 atom stereocenters. The quantitative estimate of drug-likeness (QED) is 0.470. The minimum absolute atomic E-state index is 0.0113. The molecule has 0 spiro atoms. The average molecular weight is 368 g/mol. The molecule has 0 aliphatic heterocycles. The molecule has 2 aromatic heterocycles. The molecule has 0 fully saturated rings. The summed E-state index contributed by atoms with van der Waals surface area (Å²) >= 11 is 2.58. The van der Waals surface area contributed by atoms with Crippen LogP contribution in [0, 0.1) is 45.3 Å². The smallest absolute Gasteiger partial charge is 0.165 e. The molecular formula is C18H4N6S2. The van der Waals surface area contributed by atoms with Crippen LogP contribution in [0.25, 0.3) is 42.4 Å². The number of hydrogen-bond donors (Lipinski definition) is 0. The van der Waals surface area contributed by atoms with Gasteiger partial charge in [-0.25, -0.2) is 9.97 Å². The van der Waals surface area contributed by atoms with Gasteiger partial charge in [-0.2, -0.15) is 21.0 Å². The van der Waals surface area contributed by atoms with Crippen LogP contribution in [-0.2, 0) is 0 Å². The fourth-order valence-corrected chi connectivity index (χ4v) is 4.55. The lowest BCUT2D eigenvalue weighted by molar-refractivity contribution is 1.40. The summed E-state index contributed by atoms with van der Waals surface area (Å²) in [7, 11) is 0. The minimum atomic E-state index is -0.0113. The van der Waals surface area contributed by atoms with Crippen LogP contribution in [0.5, 0.6) is 0 Å². The molecule has 6 nitrogen and oxygen atoms in total. The van der Waals surface area contributed by atoms with Crippen molar-refractivity contribution in [3.8, 4) is 24.3 Å². The van der Waals surface area contributed by atoms with Crippen molar-refractivity contribution >= 4 is 65.0 Å². The predicted molar refractivity (Wildman–Crippen MR) is 98.8 cm³/mol. The topological polar surface area (TPSA) is 121 Å². The van der Waals surface area contributed by atoms with Gasteiger partial charge in [-0.15, -0.1) is 22.7 Å². The van der Waals surface area contributed by atoms with Gasteiger partial charge in [0, 0.05) is 5.39 Å². The Morgan fingerprint density at radius 1 is 0.769 bits per heavy atom. The van der Waals surface area contributed by atoms with Crippen molar-refractivity contribution in [2.75, 3.05) is 0 Å². The van der Waals surface area contributed by atoms with Crippen LogP contribution in [0.3, 0.4) is 0 Å². The zero-order valence-electron chi connectivity index (χ0n) is 12.8. The molecule has 0 amide bonds. The van der Waals surface area contributed by atoms with Crippen LogP contribution in [0.1, 0.15) is 0 Å².